The van der Waals surface area contributed by atoms with Crippen LogP contribution in [0, 0.1) is 17.6 Å². The highest BCUT2D eigenvalue weighted by atomic mass is 19.2. The maximum atomic E-state index is 13.7. The van der Waals surface area contributed by atoms with Gasteiger partial charge < -0.3 is 14.8 Å². The first-order chi connectivity index (χ1) is 9.63. The molecule has 6 heteroatoms. The van der Waals surface area contributed by atoms with E-state index in [-0.39, 0.29) is 5.69 Å². The molecule has 0 bridgehead atoms. The van der Waals surface area contributed by atoms with Crippen LogP contribution in [0.3, 0.4) is 0 Å². The number of carbonyl (C=O) groups excluding carboxylic acids is 1. The lowest BCUT2D eigenvalue weighted by Crippen LogP contribution is -2.13. The molecule has 0 spiro atoms. The van der Waals surface area contributed by atoms with Gasteiger partial charge in [-0.15, -0.1) is 0 Å². The Morgan fingerprint density at radius 3 is 2.75 bits per heavy atom. The largest absolute Gasteiger partial charge is 0.465 e. The van der Waals surface area contributed by atoms with E-state index in [0.717, 1.165) is 13.7 Å². The number of anilines is 1. The number of methoxy groups -OCH3 is 1. The normalized spacial score (nSPS) is 14.2. The Hall–Kier alpha value is -1.69. The van der Waals surface area contributed by atoms with Crippen LogP contribution in [0.25, 0.3) is 0 Å². The SMILES string of the molecule is COC(=O)c1ccc(NCCOCC2CC2)c(F)c1F. The first-order valence-electron chi connectivity index (χ1n) is 6.51. The molecule has 1 aromatic rings. The van der Waals surface area contributed by atoms with Crippen LogP contribution < -0.4 is 5.32 Å². The van der Waals surface area contributed by atoms with E-state index in [1.165, 1.54) is 25.0 Å². The van der Waals surface area contributed by atoms with Gasteiger partial charge in [0.2, 0.25) is 0 Å². The predicted octanol–water partition coefficient (Wildman–Crippen LogP) is 2.59. The molecule has 0 aliphatic heterocycles. The Morgan fingerprint density at radius 2 is 2.10 bits per heavy atom. The molecule has 0 radical (unpaired) electrons. The molecule has 1 aromatic carbocycles. The Bertz CT molecular complexity index is 490. The van der Waals surface area contributed by atoms with E-state index in [9.17, 15) is 13.6 Å². The van der Waals surface area contributed by atoms with Crippen LogP contribution in [0.2, 0.25) is 0 Å². The fourth-order valence-electron chi connectivity index (χ4n) is 1.75. The Morgan fingerprint density at radius 1 is 1.35 bits per heavy atom. The fourth-order valence-corrected chi connectivity index (χ4v) is 1.75. The van der Waals surface area contributed by atoms with Crippen molar-refractivity contribution in [3.05, 3.63) is 29.3 Å². The Kier molecular flexibility index (Phi) is 4.89. The quantitative estimate of drug-likeness (QED) is 0.618. The molecule has 0 amide bonds. The maximum absolute atomic E-state index is 13.7. The van der Waals surface area contributed by atoms with E-state index in [1.54, 1.807) is 0 Å². The number of halogens is 2. The Labute approximate surface area is 116 Å². The zero-order valence-corrected chi connectivity index (χ0v) is 11.2. The summed E-state index contributed by atoms with van der Waals surface area (Å²) in [5, 5.41) is 2.74. The average Bonchev–Trinajstić information content (AvgIpc) is 3.26. The number of esters is 1. The molecular formula is C14H17F2NO3. The smallest absolute Gasteiger partial charge is 0.340 e. The zero-order chi connectivity index (χ0) is 14.5. The molecule has 0 heterocycles. The lowest BCUT2D eigenvalue weighted by molar-refractivity contribution is 0.0594. The van der Waals surface area contributed by atoms with Crippen LogP contribution in [-0.2, 0) is 9.47 Å². The summed E-state index contributed by atoms with van der Waals surface area (Å²) in [7, 11) is 1.11. The van der Waals surface area contributed by atoms with Gasteiger partial charge in [0.25, 0.3) is 0 Å². The molecule has 1 fully saturated rings. The second kappa shape index (κ2) is 6.65. The first kappa shape index (κ1) is 14.7. The molecule has 0 saturated heterocycles. The predicted molar refractivity (Wildman–Crippen MR) is 69.7 cm³/mol. The highest BCUT2D eigenvalue weighted by Gasteiger charge is 2.21. The highest BCUT2D eigenvalue weighted by molar-refractivity contribution is 5.90. The van der Waals surface area contributed by atoms with Gasteiger partial charge in [0.1, 0.15) is 0 Å². The molecule has 0 aromatic heterocycles. The molecule has 110 valence electrons. The average molecular weight is 285 g/mol. The number of benzene rings is 1. The van der Waals surface area contributed by atoms with Gasteiger partial charge in [-0.1, -0.05) is 0 Å². The van der Waals surface area contributed by atoms with E-state index in [4.69, 9.17) is 4.74 Å². The van der Waals surface area contributed by atoms with Crippen LogP contribution in [0.5, 0.6) is 0 Å². The van der Waals surface area contributed by atoms with Crippen molar-refractivity contribution in [1.82, 2.24) is 0 Å². The van der Waals surface area contributed by atoms with E-state index in [1.807, 2.05) is 0 Å². The summed E-state index contributed by atoms with van der Waals surface area (Å²) >= 11 is 0. The van der Waals surface area contributed by atoms with Gasteiger partial charge in [-0.3, -0.25) is 0 Å². The fraction of sp³-hybridized carbons (Fsp3) is 0.500. The van der Waals surface area contributed by atoms with Crippen molar-refractivity contribution in [1.29, 1.82) is 0 Å². The van der Waals surface area contributed by atoms with Crippen LogP contribution in [-0.4, -0.2) is 32.8 Å². The molecule has 1 aliphatic carbocycles. The van der Waals surface area contributed by atoms with Gasteiger partial charge in [0.05, 0.1) is 25.0 Å². The molecule has 1 N–H and O–H groups in total. The third-order valence-corrected chi connectivity index (χ3v) is 3.10. The van der Waals surface area contributed by atoms with Gasteiger partial charge in [-0.05, 0) is 30.9 Å². The molecule has 4 nitrogen and oxygen atoms in total. The number of carbonyl (C=O) groups is 1. The number of nitrogens with one attached hydrogen (secondary N) is 1. The lowest BCUT2D eigenvalue weighted by atomic mass is 10.2. The Balaban J connectivity index is 1.87. The highest BCUT2D eigenvalue weighted by Crippen LogP contribution is 2.28. The van der Waals surface area contributed by atoms with Gasteiger partial charge in [-0.2, -0.15) is 0 Å². The molecule has 1 aliphatic rings. The molecular weight excluding hydrogens is 268 g/mol. The van der Waals surface area contributed by atoms with E-state index < -0.39 is 23.2 Å². The van der Waals surface area contributed by atoms with Crippen LogP contribution in [0.1, 0.15) is 23.2 Å². The summed E-state index contributed by atoms with van der Waals surface area (Å²) in [5.74, 6) is -2.53. The lowest BCUT2D eigenvalue weighted by Gasteiger charge is -2.10. The van der Waals surface area contributed by atoms with Gasteiger partial charge in [0, 0.05) is 13.2 Å². The summed E-state index contributed by atoms with van der Waals surface area (Å²) in [5.41, 5.74) is -0.411. The summed E-state index contributed by atoms with van der Waals surface area (Å²) in [4.78, 5) is 11.2. The molecule has 0 unspecified atom stereocenters. The zero-order valence-electron chi connectivity index (χ0n) is 11.2. The van der Waals surface area contributed by atoms with Gasteiger partial charge in [-0.25, -0.2) is 13.6 Å². The number of ether oxygens (including phenoxy) is 2. The third-order valence-electron chi connectivity index (χ3n) is 3.10. The summed E-state index contributed by atoms with van der Waals surface area (Å²) in [6, 6.07) is 2.50. The second-order valence-corrected chi connectivity index (χ2v) is 4.73. The van der Waals surface area contributed by atoms with Crippen molar-refractivity contribution in [2.45, 2.75) is 12.8 Å². The van der Waals surface area contributed by atoms with Crippen molar-refractivity contribution < 1.29 is 23.0 Å². The maximum Gasteiger partial charge on any atom is 0.340 e. The van der Waals surface area contributed by atoms with Gasteiger partial charge in [0.15, 0.2) is 11.6 Å². The number of hydrogen-bond acceptors (Lipinski definition) is 4. The first-order valence-corrected chi connectivity index (χ1v) is 6.51. The van der Waals surface area contributed by atoms with Crippen LogP contribution in [0.4, 0.5) is 14.5 Å². The standard InChI is InChI=1S/C14H17F2NO3/c1-19-14(18)10-4-5-11(13(16)12(10)15)17-6-7-20-8-9-2-3-9/h4-5,9,17H,2-3,6-8H2,1H3. The second-order valence-electron chi connectivity index (χ2n) is 4.73. The van der Waals surface area contributed by atoms with E-state index in [0.29, 0.717) is 19.1 Å². The third kappa shape index (κ3) is 3.66. The van der Waals surface area contributed by atoms with Crippen molar-refractivity contribution in [3.8, 4) is 0 Å². The van der Waals surface area contributed by atoms with Crippen molar-refractivity contribution >= 4 is 11.7 Å². The topological polar surface area (TPSA) is 47.6 Å². The van der Waals surface area contributed by atoms with Crippen molar-refractivity contribution in [3.63, 3.8) is 0 Å². The van der Waals surface area contributed by atoms with Crippen LogP contribution >= 0.6 is 0 Å². The molecule has 20 heavy (non-hydrogen) atoms. The summed E-state index contributed by atoms with van der Waals surface area (Å²) in [6.07, 6.45) is 2.42. The van der Waals surface area contributed by atoms with Gasteiger partial charge >= 0.3 is 5.97 Å². The monoisotopic (exact) mass is 285 g/mol. The van der Waals surface area contributed by atoms with Crippen molar-refractivity contribution in [2.75, 3.05) is 32.2 Å². The number of rotatable bonds is 7. The van der Waals surface area contributed by atoms with Crippen molar-refractivity contribution in [2.24, 2.45) is 5.92 Å². The minimum atomic E-state index is -1.21. The summed E-state index contributed by atoms with van der Waals surface area (Å²) < 4.78 is 37.1. The molecule has 1 saturated carbocycles. The molecule has 2 rings (SSSR count). The van der Waals surface area contributed by atoms with Crippen LogP contribution in [0.15, 0.2) is 12.1 Å². The summed E-state index contributed by atoms with van der Waals surface area (Å²) in [6.45, 7) is 1.52. The number of hydrogen-bond donors (Lipinski definition) is 1. The minimum absolute atomic E-state index is 0.00479. The molecule has 0 atom stereocenters. The minimum Gasteiger partial charge on any atom is -0.465 e. The van der Waals surface area contributed by atoms with E-state index in [2.05, 4.69) is 10.1 Å². The van der Waals surface area contributed by atoms with E-state index >= 15 is 0 Å².